The Balaban J connectivity index is 2.75. The molecule has 0 fully saturated rings. The fourth-order valence-electron chi connectivity index (χ4n) is 1.99. The second-order valence-corrected chi connectivity index (χ2v) is 3.89. The number of hydrogen-bond donors (Lipinski definition) is 1. The lowest BCUT2D eigenvalue weighted by molar-refractivity contribution is 0.920. The summed E-state index contributed by atoms with van der Waals surface area (Å²) in [4.78, 5) is 14.0. The van der Waals surface area contributed by atoms with Crippen LogP contribution in [-0.4, -0.2) is 4.98 Å². The summed E-state index contributed by atoms with van der Waals surface area (Å²) < 4.78 is 0. The van der Waals surface area contributed by atoms with E-state index >= 15 is 0 Å². The van der Waals surface area contributed by atoms with E-state index < -0.39 is 0 Å². The van der Waals surface area contributed by atoms with Crippen LogP contribution in [0, 0.1) is 6.92 Å². The second kappa shape index (κ2) is 3.89. The molecule has 0 spiro atoms. The topological polar surface area (TPSA) is 32.9 Å². The van der Waals surface area contributed by atoms with Gasteiger partial charge < -0.3 is 4.98 Å². The fraction of sp³-hybridized carbons (Fsp3) is 0.308. The van der Waals surface area contributed by atoms with Gasteiger partial charge in [-0.1, -0.05) is 19.4 Å². The lowest BCUT2D eigenvalue weighted by Gasteiger charge is -2.08. The minimum absolute atomic E-state index is 0.0335. The Morgan fingerprint density at radius 2 is 2.00 bits per heavy atom. The van der Waals surface area contributed by atoms with E-state index in [2.05, 4.69) is 24.9 Å². The van der Waals surface area contributed by atoms with Crippen LogP contribution in [0.5, 0.6) is 0 Å². The second-order valence-electron chi connectivity index (χ2n) is 3.89. The summed E-state index contributed by atoms with van der Waals surface area (Å²) in [6.45, 7) is 4.29. The number of aryl methyl sites for hydroxylation is 2. The van der Waals surface area contributed by atoms with Crippen molar-refractivity contribution in [3.8, 4) is 0 Å². The molecule has 1 heterocycles. The first-order valence-corrected chi connectivity index (χ1v) is 5.34. The zero-order valence-electron chi connectivity index (χ0n) is 9.13. The number of fused-ring (bicyclic) bond motifs is 1. The SMILES string of the molecule is CCCc1c(C)ccc2[nH]c(=O)ccc12. The van der Waals surface area contributed by atoms with Gasteiger partial charge in [-0.3, -0.25) is 4.79 Å². The Morgan fingerprint density at radius 3 is 2.73 bits per heavy atom. The van der Waals surface area contributed by atoms with E-state index in [4.69, 9.17) is 0 Å². The molecule has 1 aromatic heterocycles. The number of aromatic amines is 1. The molecule has 0 saturated heterocycles. The number of benzene rings is 1. The molecule has 0 radical (unpaired) electrons. The quantitative estimate of drug-likeness (QED) is 0.796. The smallest absolute Gasteiger partial charge is 0.248 e. The first-order chi connectivity index (χ1) is 7.22. The van der Waals surface area contributed by atoms with Crippen LogP contribution in [-0.2, 0) is 6.42 Å². The van der Waals surface area contributed by atoms with Crippen LogP contribution in [0.1, 0.15) is 24.5 Å². The van der Waals surface area contributed by atoms with Crippen molar-refractivity contribution >= 4 is 10.9 Å². The predicted octanol–water partition coefficient (Wildman–Crippen LogP) is 2.79. The average Bonchev–Trinajstić information content (AvgIpc) is 2.22. The molecular formula is C13H15NO. The van der Waals surface area contributed by atoms with E-state index in [0.29, 0.717) is 0 Å². The molecule has 0 unspecified atom stereocenters. The zero-order valence-corrected chi connectivity index (χ0v) is 9.13. The summed E-state index contributed by atoms with van der Waals surface area (Å²) >= 11 is 0. The van der Waals surface area contributed by atoms with Crippen molar-refractivity contribution in [2.75, 3.05) is 0 Å². The first kappa shape index (κ1) is 9.97. The fourth-order valence-corrected chi connectivity index (χ4v) is 1.99. The van der Waals surface area contributed by atoms with E-state index in [9.17, 15) is 4.79 Å². The van der Waals surface area contributed by atoms with Gasteiger partial charge in [0.2, 0.25) is 5.56 Å². The van der Waals surface area contributed by atoms with Gasteiger partial charge in [-0.15, -0.1) is 0 Å². The van der Waals surface area contributed by atoms with Crippen LogP contribution >= 0.6 is 0 Å². The maximum Gasteiger partial charge on any atom is 0.248 e. The number of aromatic nitrogens is 1. The van der Waals surface area contributed by atoms with Crippen molar-refractivity contribution in [2.24, 2.45) is 0 Å². The number of pyridine rings is 1. The van der Waals surface area contributed by atoms with Crippen LogP contribution in [0.2, 0.25) is 0 Å². The first-order valence-electron chi connectivity index (χ1n) is 5.34. The molecule has 2 heteroatoms. The minimum atomic E-state index is -0.0335. The Kier molecular flexibility index (Phi) is 2.58. The Hall–Kier alpha value is -1.57. The predicted molar refractivity (Wildman–Crippen MR) is 63.3 cm³/mol. The summed E-state index contributed by atoms with van der Waals surface area (Å²) in [5.74, 6) is 0. The van der Waals surface area contributed by atoms with E-state index in [-0.39, 0.29) is 5.56 Å². The Labute approximate surface area is 89.0 Å². The molecule has 0 atom stereocenters. The van der Waals surface area contributed by atoms with Crippen molar-refractivity contribution < 1.29 is 0 Å². The largest absolute Gasteiger partial charge is 0.322 e. The third-order valence-electron chi connectivity index (χ3n) is 2.75. The van der Waals surface area contributed by atoms with Crippen LogP contribution in [0.3, 0.4) is 0 Å². The highest BCUT2D eigenvalue weighted by molar-refractivity contribution is 5.83. The highest BCUT2D eigenvalue weighted by atomic mass is 16.1. The van der Waals surface area contributed by atoms with Crippen LogP contribution < -0.4 is 5.56 Å². The van der Waals surface area contributed by atoms with Crippen LogP contribution in [0.4, 0.5) is 0 Å². The minimum Gasteiger partial charge on any atom is -0.322 e. The number of hydrogen-bond acceptors (Lipinski definition) is 1. The van der Waals surface area contributed by atoms with Crippen molar-refractivity contribution in [1.29, 1.82) is 0 Å². The molecule has 0 aliphatic rings. The van der Waals surface area contributed by atoms with Gasteiger partial charge >= 0.3 is 0 Å². The molecule has 2 rings (SSSR count). The van der Waals surface area contributed by atoms with Crippen LogP contribution in [0.15, 0.2) is 29.1 Å². The Bertz CT molecular complexity index is 540. The highest BCUT2D eigenvalue weighted by Crippen LogP contribution is 2.20. The number of rotatable bonds is 2. The molecule has 0 aliphatic heterocycles. The molecule has 0 amide bonds. The van der Waals surface area contributed by atoms with Gasteiger partial charge in [0.15, 0.2) is 0 Å². The molecular weight excluding hydrogens is 186 g/mol. The monoisotopic (exact) mass is 201 g/mol. The molecule has 78 valence electrons. The van der Waals surface area contributed by atoms with E-state index in [0.717, 1.165) is 18.4 Å². The Morgan fingerprint density at radius 1 is 1.20 bits per heavy atom. The number of H-pyrrole nitrogens is 1. The summed E-state index contributed by atoms with van der Waals surface area (Å²) in [6.07, 6.45) is 2.19. The van der Waals surface area contributed by atoms with Gasteiger partial charge in [0, 0.05) is 17.0 Å². The lowest BCUT2D eigenvalue weighted by atomic mass is 9.99. The maximum atomic E-state index is 11.2. The van der Waals surface area contributed by atoms with Crippen molar-refractivity contribution in [3.63, 3.8) is 0 Å². The van der Waals surface area contributed by atoms with Gasteiger partial charge in [0.05, 0.1) is 0 Å². The summed E-state index contributed by atoms with van der Waals surface area (Å²) in [5.41, 5.74) is 3.56. The number of nitrogens with one attached hydrogen (secondary N) is 1. The van der Waals surface area contributed by atoms with Gasteiger partial charge in [0.1, 0.15) is 0 Å². The molecule has 2 aromatic rings. The summed E-state index contributed by atoms with van der Waals surface area (Å²) in [5, 5.41) is 1.18. The van der Waals surface area contributed by atoms with Crippen molar-refractivity contribution in [2.45, 2.75) is 26.7 Å². The summed E-state index contributed by atoms with van der Waals surface area (Å²) in [7, 11) is 0. The molecule has 15 heavy (non-hydrogen) atoms. The standard InChI is InChI=1S/C13H15NO/c1-3-4-10-9(2)5-7-12-11(10)6-8-13(15)14-12/h5-8H,3-4H2,1-2H3,(H,14,15). The third kappa shape index (κ3) is 1.80. The van der Waals surface area contributed by atoms with Gasteiger partial charge in [0.25, 0.3) is 0 Å². The van der Waals surface area contributed by atoms with Gasteiger partial charge in [-0.25, -0.2) is 0 Å². The van der Waals surface area contributed by atoms with Crippen LogP contribution in [0.25, 0.3) is 10.9 Å². The normalized spacial score (nSPS) is 10.8. The summed E-state index contributed by atoms with van der Waals surface area (Å²) in [6, 6.07) is 7.57. The van der Waals surface area contributed by atoms with Crippen molar-refractivity contribution in [3.05, 3.63) is 45.7 Å². The molecule has 0 saturated carbocycles. The molecule has 0 aliphatic carbocycles. The zero-order chi connectivity index (χ0) is 10.8. The third-order valence-corrected chi connectivity index (χ3v) is 2.75. The lowest BCUT2D eigenvalue weighted by Crippen LogP contribution is -2.04. The van der Waals surface area contributed by atoms with E-state index in [1.54, 1.807) is 6.07 Å². The molecule has 0 bridgehead atoms. The van der Waals surface area contributed by atoms with E-state index in [1.165, 1.54) is 16.5 Å². The van der Waals surface area contributed by atoms with Gasteiger partial charge in [-0.05, 0) is 36.6 Å². The average molecular weight is 201 g/mol. The van der Waals surface area contributed by atoms with E-state index in [1.807, 2.05) is 12.1 Å². The molecule has 1 aromatic carbocycles. The van der Waals surface area contributed by atoms with Crippen molar-refractivity contribution in [1.82, 2.24) is 4.98 Å². The molecule has 2 nitrogen and oxygen atoms in total. The van der Waals surface area contributed by atoms with Gasteiger partial charge in [-0.2, -0.15) is 0 Å². The molecule has 1 N–H and O–H groups in total. The highest BCUT2D eigenvalue weighted by Gasteiger charge is 2.03. The maximum absolute atomic E-state index is 11.2.